The van der Waals surface area contributed by atoms with Crippen LogP contribution in [0.2, 0.25) is 0 Å². The Hall–Kier alpha value is -2.16. The summed E-state index contributed by atoms with van der Waals surface area (Å²) in [5, 5.41) is 16.1. The van der Waals surface area contributed by atoms with Crippen molar-refractivity contribution < 1.29 is 4.52 Å². The SMILES string of the molecule is N#Cc1cnn(Cc2ncon2)c1. The number of aromatic nitrogens is 4. The number of rotatable bonds is 2. The molecule has 2 heterocycles. The molecular formula is C7H5N5O. The van der Waals surface area contributed by atoms with E-state index in [1.165, 1.54) is 12.6 Å². The summed E-state index contributed by atoms with van der Waals surface area (Å²) in [7, 11) is 0. The molecule has 0 aromatic carbocycles. The van der Waals surface area contributed by atoms with Crippen molar-refractivity contribution >= 4 is 0 Å². The minimum Gasteiger partial charge on any atom is -0.343 e. The molecule has 0 aliphatic rings. The first-order valence-corrected chi connectivity index (χ1v) is 3.56. The van der Waals surface area contributed by atoms with Gasteiger partial charge in [-0.15, -0.1) is 0 Å². The zero-order valence-electron chi connectivity index (χ0n) is 6.58. The zero-order chi connectivity index (χ0) is 9.10. The first-order valence-electron chi connectivity index (χ1n) is 3.56. The molecule has 0 amide bonds. The molecule has 0 aliphatic heterocycles. The van der Waals surface area contributed by atoms with Gasteiger partial charge in [0.15, 0.2) is 5.82 Å². The van der Waals surface area contributed by atoms with Gasteiger partial charge in [0.2, 0.25) is 6.39 Å². The van der Waals surface area contributed by atoms with Crippen LogP contribution in [0.5, 0.6) is 0 Å². The van der Waals surface area contributed by atoms with Crippen molar-refractivity contribution in [3.05, 3.63) is 30.2 Å². The Bertz CT molecular complexity index is 424. The van der Waals surface area contributed by atoms with Gasteiger partial charge in [-0.2, -0.15) is 15.3 Å². The Balaban J connectivity index is 2.15. The van der Waals surface area contributed by atoms with Gasteiger partial charge in [0.05, 0.1) is 11.8 Å². The highest BCUT2D eigenvalue weighted by Gasteiger charge is 2.01. The van der Waals surface area contributed by atoms with Crippen LogP contribution in [0, 0.1) is 11.3 Å². The number of hydrogen-bond acceptors (Lipinski definition) is 5. The van der Waals surface area contributed by atoms with E-state index in [2.05, 4.69) is 19.8 Å². The van der Waals surface area contributed by atoms with Crippen LogP contribution in [0.3, 0.4) is 0 Å². The standard InChI is InChI=1S/C7H5N5O/c8-1-6-2-10-12(3-6)4-7-9-5-13-11-7/h2-3,5H,4H2. The Labute approximate surface area is 73.4 Å². The molecule has 0 fully saturated rings. The Morgan fingerprint density at radius 1 is 1.62 bits per heavy atom. The Kier molecular flexibility index (Phi) is 1.77. The average molecular weight is 175 g/mol. The van der Waals surface area contributed by atoms with Crippen molar-refractivity contribution in [1.29, 1.82) is 5.26 Å². The quantitative estimate of drug-likeness (QED) is 0.650. The predicted octanol–water partition coefficient (Wildman–Crippen LogP) is 0.186. The average Bonchev–Trinajstić information content (AvgIpc) is 2.76. The molecule has 0 N–H and O–H groups in total. The van der Waals surface area contributed by atoms with Crippen LogP contribution < -0.4 is 0 Å². The maximum atomic E-state index is 8.52. The van der Waals surface area contributed by atoms with E-state index in [1.54, 1.807) is 10.9 Å². The van der Waals surface area contributed by atoms with Gasteiger partial charge in [0, 0.05) is 6.20 Å². The van der Waals surface area contributed by atoms with Crippen LogP contribution in [0.4, 0.5) is 0 Å². The highest BCUT2D eigenvalue weighted by molar-refractivity contribution is 5.21. The van der Waals surface area contributed by atoms with Gasteiger partial charge in [-0.05, 0) is 0 Å². The van der Waals surface area contributed by atoms with E-state index in [4.69, 9.17) is 5.26 Å². The second kappa shape index (κ2) is 3.06. The molecule has 0 saturated carbocycles. The summed E-state index contributed by atoms with van der Waals surface area (Å²) in [6.45, 7) is 0.415. The maximum absolute atomic E-state index is 8.52. The summed E-state index contributed by atoms with van der Waals surface area (Å²) in [6.07, 6.45) is 4.36. The zero-order valence-corrected chi connectivity index (χ0v) is 6.58. The molecule has 6 heteroatoms. The molecule has 6 nitrogen and oxygen atoms in total. The first-order chi connectivity index (χ1) is 6.38. The lowest BCUT2D eigenvalue weighted by Crippen LogP contribution is -2.01. The van der Waals surface area contributed by atoms with Crippen molar-refractivity contribution in [3.63, 3.8) is 0 Å². The molecule has 0 atom stereocenters. The van der Waals surface area contributed by atoms with E-state index < -0.39 is 0 Å². The molecule has 0 spiro atoms. The largest absolute Gasteiger partial charge is 0.343 e. The van der Waals surface area contributed by atoms with Crippen molar-refractivity contribution in [2.24, 2.45) is 0 Å². The second-order valence-electron chi connectivity index (χ2n) is 2.39. The van der Waals surface area contributed by atoms with E-state index in [0.29, 0.717) is 17.9 Å². The molecule has 0 radical (unpaired) electrons. The highest BCUT2D eigenvalue weighted by Crippen LogP contribution is 1.97. The fourth-order valence-electron chi connectivity index (χ4n) is 0.915. The van der Waals surface area contributed by atoms with Gasteiger partial charge in [-0.1, -0.05) is 5.16 Å². The third-order valence-electron chi connectivity index (χ3n) is 1.47. The van der Waals surface area contributed by atoms with Crippen LogP contribution in [0.25, 0.3) is 0 Å². The van der Waals surface area contributed by atoms with E-state index in [0.717, 1.165) is 0 Å². The molecule has 0 unspecified atom stereocenters. The normalized spacial score (nSPS) is 9.77. The maximum Gasteiger partial charge on any atom is 0.213 e. The van der Waals surface area contributed by atoms with Crippen molar-refractivity contribution in [3.8, 4) is 6.07 Å². The van der Waals surface area contributed by atoms with Gasteiger partial charge in [-0.25, -0.2) is 0 Å². The van der Waals surface area contributed by atoms with Crippen LogP contribution in [-0.4, -0.2) is 19.9 Å². The Morgan fingerprint density at radius 3 is 3.15 bits per heavy atom. The van der Waals surface area contributed by atoms with Crippen LogP contribution >= 0.6 is 0 Å². The van der Waals surface area contributed by atoms with Gasteiger partial charge >= 0.3 is 0 Å². The minimum absolute atomic E-state index is 0.415. The summed E-state index contributed by atoms with van der Waals surface area (Å²) >= 11 is 0. The highest BCUT2D eigenvalue weighted by atomic mass is 16.5. The van der Waals surface area contributed by atoms with Crippen LogP contribution in [0.15, 0.2) is 23.3 Å². The summed E-state index contributed by atoms with van der Waals surface area (Å²) in [4.78, 5) is 3.83. The topological polar surface area (TPSA) is 80.5 Å². The van der Waals surface area contributed by atoms with Gasteiger partial charge < -0.3 is 4.52 Å². The van der Waals surface area contributed by atoms with Gasteiger partial charge in [0.25, 0.3) is 0 Å². The lowest BCUT2D eigenvalue weighted by Gasteiger charge is -1.92. The van der Waals surface area contributed by atoms with E-state index in [-0.39, 0.29) is 0 Å². The number of hydrogen-bond donors (Lipinski definition) is 0. The van der Waals surface area contributed by atoms with Gasteiger partial charge in [-0.3, -0.25) is 4.68 Å². The van der Waals surface area contributed by atoms with Crippen molar-refractivity contribution in [1.82, 2.24) is 19.9 Å². The first kappa shape index (κ1) is 7.49. The fraction of sp³-hybridized carbons (Fsp3) is 0.143. The molecule has 0 saturated heterocycles. The van der Waals surface area contributed by atoms with Crippen LogP contribution in [0.1, 0.15) is 11.4 Å². The third-order valence-corrected chi connectivity index (χ3v) is 1.47. The second-order valence-corrected chi connectivity index (χ2v) is 2.39. The lowest BCUT2D eigenvalue weighted by molar-refractivity contribution is 0.407. The molecule has 2 aromatic heterocycles. The molecule has 2 rings (SSSR count). The fourth-order valence-corrected chi connectivity index (χ4v) is 0.915. The summed E-state index contributed by atoms with van der Waals surface area (Å²) < 4.78 is 6.13. The van der Waals surface area contributed by atoms with Crippen molar-refractivity contribution in [2.75, 3.05) is 0 Å². The summed E-state index contributed by atoms with van der Waals surface area (Å²) in [5.74, 6) is 0.535. The molecular weight excluding hydrogens is 170 g/mol. The Morgan fingerprint density at radius 2 is 2.54 bits per heavy atom. The lowest BCUT2D eigenvalue weighted by atomic mass is 10.4. The minimum atomic E-state index is 0.415. The molecule has 0 bridgehead atoms. The van der Waals surface area contributed by atoms with Crippen molar-refractivity contribution in [2.45, 2.75) is 6.54 Å². The van der Waals surface area contributed by atoms with E-state index in [9.17, 15) is 0 Å². The van der Waals surface area contributed by atoms with E-state index in [1.807, 2.05) is 6.07 Å². The molecule has 2 aromatic rings. The molecule has 64 valence electrons. The predicted molar refractivity (Wildman–Crippen MR) is 40.3 cm³/mol. The van der Waals surface area contributed by atoms with E-state index >= 15 is 0 Å². The molecule has 0 aliphatic carbocycles. The van der Waals surface area contributed by atoms with Gasteiger partial charge in [0.1, 0.15) is 12.6 Å². The molecule has 13 heavy (non-hydrogen) atoms. The third kappa shape index (κ3) is 1.54. The monoisotopic (exact) mass is 175 g/mol. The summed E-state index contributed by atoms with van der Waals surface area (Å²) in [6, 6.07) is 1.98. The van der Waals surface area contributed by atoms with Crippen LogP contribution in [-0.2, 0) is 6.54 Å². The number of nitriles is 1. The summed E-state index contributed by atoms with van der Waals surface area (Å²) in [5.41, 5.74) is 0.517. The smallest absolute Gasteiger partial charge is 0.213 e. The number of nitrogens with zero attached hydrogens (tertiary/aromatic N) is 5.